The molecule has 1 amide bonds. The van der Waals surface area contributed by atoms with Gasteiger partial charge in [0.15, 0.2) is 11.0 Å². The van der Waals surface area contributed by atoms with E-state index >= 15 is 0 Å². The zero-order valence-electron chi connectivity index (χ0n) is 15.5. The number of hydrogen-bond donors (Lipinski definition) is 1. The quantitative estimate of drug-likeness (QED) is 0.641. The van der Waals surface area contributed by atoms with E-state index in [1.54, 1.807) is 18.2 Å². The summed E-state index contributed by atoms with van der Waals surface area (Å²) in [6, 6.07) is 9.10. The Hall–Kier alpha value is -2.32. The van der Waals surface area contributed by atoms with Gasteiger partial charge in [-0.15, -0.1) is 10.2 Å². The molecule has 0 aliphatic carbocycles. The van der Waals surface area contributed by atoms with Gasteiger partial charge in [-0.2, -0.15) is 0 Å². The van der Waals surface area contributed by atoms with Crippen LogP contribution in [0.4, 0.5) is 5.88 Å². The van der Waals surface area contributed by atoms with Gasteiger partial charge in [-0.25, -0.2) is 0 Å². The zero-order chi connectivity index (χ0) is 19.6. The summed E-state index contributed by atoms with van der Waals surface area (Å²) in [6.45, 7) is 6.08. The number of thioether (sulfide) groups is 1. The Morgan fingerprint density at radius 3 is 2.59 bits per heavy atom. The van der Waals surface area contributed by atoms with Gasteiger partial charge in [0.2, 0.25) is 11.8 Å². The van der Waals surface area contributed by atoms with E-state index in [9.17, 15) is 4.79 Å². The third-order valence-electron chi connectivity index (χ3n) is 3.81. The van der Waals surface area contributed by atoms with Gasteiger partial charge in [-0.3, -0.25) is 10.1 Å². The summed E-state index contributed by atoms with van der Waals surface area (Å²) in [6.07, 6.45) is 0. The first-order valence-corrected chi connectivity index (χ1v) is 9.65. The van der Waals surface area contributed by atoms with E-state index in [4.69, 9.17) is 16.1 Å². The third-order valence-corrected chi connectivity index (χ3v) is 5.08. The minimum atomic E-state index is -0.201. The molecule has 3 rings (SSSR count). The van der Waals surface area contributed by atoms with Crippen molar-refractivity contribution in [2.24, 2.45) is 7.05 Å². The number of nitrogens with one attached hydrogen (secondary N) is 1. The molecule has 2 aromatic heterocycles. The van der Waals surface area contributed by atoms with Gasteiger partial charge in [-0.1, -0.05) is 49.3 Å². The molecule has 0 fully saturated rings. The molecule has 27 heavy (non-hydrogen) atoms. The topological polar surface area (TPSA) is 85.8 Å². The molecule has 1 N–H and O–H groups in total. The second-order valence-corrected chi connectivity index (χ2v) is 8.41. The average Bonchev–Trinajstić information content (AvgIpc) is 3.21. The van der Waals surface area contributed by atoms with E-state index in [0.29, 0.717) is 21.9 Å². The first-order chi connectivity index (χ1) is 12.7. The molecular formula is C18H20ClN5O2S. The maximum absolute atomic E-state index is 12.2. The normalized spacial score (nSPS) is 11.6. The van der Waals surface area contributed by atoms with Crippen LogP contribution < -0.4 is 5.32 Å². The summed E-state index contributed by atoms with van der Waals surface area (Å²) in [5.41, 5.74) is 1.55. The molecule has 0 aliphatic rings. The molecule has 0 aliphatic heterocycles. The van der Waals surface area contributed by atoms with Crippen molar-refractivity contribution in [1.82, 2.24) is 19.9 Å². The lowest BCUT2D eigenvalue weighted by Crippen LogP contribution is -2.14. The summed E-state index contributed by atoms with van der Waals surface area (Å²) in [5, 5.41) is 16.3. The van der Waals surface area contributed by atoms with E-state index < -0.39 is 0 Å². The van der Waals surface area contributed by atoms with Crippen LogP contribution in [0.25, 0.3) is 11.4 Å². The molecular weight excluding hydrogens is 386 g/mol. The number of nitrogens with zero attached hydrogens (tertiary/aromatic N) is 4. The largest absolute Gasteiger partial charge is 0.338 e. The minimum absolute atomic E-state index is 0.141. The van der Waals surface area contributed by atoms with Crippen LogP contribution in [0.1, 0.15) is 26.5 Å². The lowest BCUT2D eigenvalue weighted by atomic mass is 9.92. The standard InChI is InChI=1S/C18H20ClN5O2S/c1-18(2,3)13-9-15(26-23-13)20-14(25)10-27-17-22-21-16(24(17)4)11-5-7-12(19)8-6-11/h5-9H,10H2,1-4H3,(H,20,25). The maximum atomic E-state index is 12.2. The number of halogens is 1. The summed E-state index contributed by atoms with van der Waals surface area (Å²) in [4.78, 5) is 12.2. The Bertz CT molecular complexity index is 944. The summed E-state index contributed by atoms with van der Waals surface area (Å²) in [5.74, 6) is 1.02. The maximum Gasteiger partial charge on any atom is 0.237 e. The van der Waals surface area contributed by atoms with Gasteiger partial charge in [0.1, 0.15) is 0 Å². The van der Waals surface area contributed by atoms with Crippen LogP contribution in [0, 0.1) is 0 Å². The van der Waals surface area contributed by atoms with Crippen molar-refractivity contribution in [2.75, 3.05) is 11.1 Å². The van der Waals surface area contributed by atoms with Crippen molar-refractivity contribution < 1.29 is 9.32 Å². The van der Waals surface area contributed by atoms with Crippen molar-refractivity contribution >= 4 is 35.2 Å². The van der Waals surface area contributed by atoms with Gasteiger partial charge < -0.3 is 9.09 Å². The number of carbonyl (C=O) groups is 1. The average molecular weight is 406 g/mol. The fourth-order valence-electron chi connectivity index (χ4n) is 2.28. The Kier molecular flexibility index (Phi) is 5.57. The lowest BCUT2D eigenvalue weighted by Gasteiger charge is -2.12. The third kappa shape index (κ3) is 4.70. The van der Waals surface area contributed by atoms with Crippen molar-refractivity contribution in [3.8, 4) is 11.4 Å². The van der Waals surface area contributed by atoms with Crippen molar-refractivity contribution in [1.29, 1.82) is 0 Å². The molecule has 2 heterocycles. The number of amides is 1. The SMILES string of the molecule is Cn1c(SCC(=O)Nc2cc(C(C)(C)C)no2)nnc1-c1ccc(Cl)cc1. The second kappa shape index (κ2) is 7.74. The van der Waals surface area contributed by atoms with Gasteiger partial charge in [0.05, 0.1) is 11.4 Å². The molecule has 0 bridgehead atoms. The number of hydrogen-bond acceptors (Lipinski definition) is 6. The first kappa shape index (κ1) is 19.4. The van der Waals surface area contributed by atoms with Crippen molar-refractivity contribution in [2.45, 2.75) is 31.3 Å². The first-order valence-electron chi connectivity index (χ1n) is 8.29. The molecule has 0 saturated carbocycles. The van der Waals surface area contributed by atoms with Gasteiger partial charge in [0.25, 0.3) is 0 Å². The number of benzene rings is 1. The highest BCUT2D eigenvalue weighted by atomic mass is 35.5. The van der Waals surface area contributed by atoms with E-state index in [-0.39, 0.29) is 17.1 Å². The van der Waals surface area contributed by atoms with Crippen LogP contribution in [0.5, 0.6) is 0 Å². The monoisotopic (exact) mass is 405 g/mol. The second-order valence-electron chi connectivity index (χ2n) is 7.04. The molecule has 3 aromatic rings. The molecule has 9 heteroatoms. The summed E-state index contributed by atoms with van der Waals surface area (Å²) < 4.78 is 7.01. The number of carbonyl (C=O) groups excluding carboxylic acids is 1. The Labute approximate surface area is 166 Å². The Morgan fingerprint density at radius 2 is 1.96 bits per heavy atom. The van der Waals surface area contributed by atoms with E-state index in [2.05, 4.69) is 20.7 Å². The highest BCUT2D eigenvalue weighted by Gasteiger charge is 2.20. The van der Waals surface area contributed by atoms with Crippen molar-refractivity contribution in [3.05, 3.63) is 41.0 Å². The van der Waals surface area contributed by atoms with E-state index in [1.165, 1.54) is 11.8 Å². The fraction of sp³-hybridized carbons (Fsp3) is 0.333. The molecule has 7 nitrogen and oxygen atoms in total. The van der Waals surface area contributed by atoms with Crippen molar-refractivity contribution in [3.63, 3.8) is 0 Å². The van der Waals surface area contributed by atoms with E-state index in [0.717, 1.165) is 11.3 Å². The molecule has 0 spiro atoms. The predicted molar refractivity (Wildman–Crippen MR) is 106 cm³/mol. The molecule has 0 saturated heterocycles. The molecule has 1 aromatic carbocycles. The van der Waals surface area contributed by atoms with Gasteiger partial charge in [0, 0.05) is 29.1 Å². The van der Waals surface area contributed by atoms with Crippen LogP contribution in [-0.4, -0.2) is 31.6 Å². The van der Waals surface area contributed by atoms with Crippen LogP contribution in [-0.2, 0) is 17.3 Å². The van der Waals surface area contributed by atoms with Crippen LogP contribution in [0.2, 0.25) is 5.02 Å². The number of aromatic nitrogens is 4. The van der Waals surface area contributed by atoms with E-state index in [1.807, 2.05) is 44.5 Å². The van der Waals surface area contributed by atoms with Crippen LogP contribution >= 0.6 is 23.4 Å². The molecule has 0 radical (unpaired) electrons. The van der Waals surface area contributed by atoms with Gasteiger partial charge >= 0.3 is 0 Å². The molecule has 0 unspecified atom stereocenters. The highest BCUT2D eigenvalue weighted by molar-refractivity contribution is 7.99. The Morgan fingerprint density at radius 1 is 1.26 bits per heavy atom. The minimum Gasteiger partial charge on any atom is -0.338 e. The number of rotatable bonds is 5. The smallest absolute Gasteiger partial charge is 0.237 e. The molecule has 142 valence electrons. The summed E-state index contributed by atoms with van der Waals surface area (Å²) in [7, 11) is 1.86. The number of anilines is 1. The van der Waals surface area contributed by atoms with Crippen LogP contribution in [0.15, 0.2) is 40.0 Å². The Balaban J connectivity index is 1.61. The molecule has 0 atom stereocenters. The fourth-order valence-corrected chi connectivity index (χ4v) is 3.12. The summed E-state index contributed by atoms with van der Waals surface area (Å²) >= 11 is 7.21. The zero-order valence-corrected chi connectivity index (χ0v) is 17.1. The van der Waals surface area contributed by atoms with Gasteiger partial charge in [-0.05, 0) is 24.3 Å². The highest BCUT2D eigenvalue weighted by Crippen LogP contribution is 2.25. The predicted octanol–water partition coefficient (Wildman–Crippen LogP) is 4.15. The lowest BCUT2D eigenvalue weighted by molar-refractivity contribution is -0.113. The van der Waals surface area contributed by atoms with Crippen LogP contribution in [0.3, 0.4) is 0 Å².